The molecule has 6 heteroatoms. The molecule has 0 aliphatic rings. The number of carbonyl (C=O) groups is 1. The van der Waals surface area contributed by atoms with Crippen LogP contribution in [-0.2, 0) is 11.3 Å². The Hall–Kier alpha value is -1.40. The summed E-state index contributed by atoms with van der Waals surface area (Å²) in [6.07, 6.45) is 3.89. The van der Waals surface area contributed by atoms with Gasteiger partial charge in [-0.15, -0.1) is 11.3 Å². The van der Waals surface area contributed by atoms with Crippen molar-refractivity contribution in [2.45, 2.75) is 13.5 Å². The first kappa shape index (κ1) is 11.1. The van der Waals surface area contributed by atoms with E-state index in [1.54, 1.807) is 11.3 Å². The Labute approximate surface area is 96.9 Å². The maximum Gasteiger partial charge on any atom is 0.317 e. The van der Waals surface area contributed by atoms with Crippen LogP contribution in [0.15, 0.2) is 17.8 Å². The van der Waals surface area contributed by atoms with E-state index in [-0.39, 0.29) is 6.54 Å². The predicted octanol–water partition coefficient (Wildman–Crippen LogP) is 1.30. The molecule has 0 radical (unpaired) electrons. The second-order valence-corrected chi connectivity index (χ2v) is 4.40. The Morgan fingerprint density at radius 2 is 2.50 bits per heavy atom. The molecule has 0 aromatic carbocycles. The Balaban J connectivity index is 2.07. The number of likely N-dealkylation sites (N-methyl/N-ethyl adjacent to an activating group) is 1. The van der Waals surface area contributed by atoms with E-state index in [0.29, 0.717) is 13.1 Å². The minimum Gasteiger partial charge on any atom is -0.480 e. The molecule has 0 aliphatic heterocycles. The lowest BCUT2D eigenvalue weighted by Crippen LogP contribution is -2.29. The van der Waals surface area contributed by atoms with Gasteiger partial charge in [0.1, 0.15) is 0 Å². The van der Waals surface area contributed by atoms with E-state index >= 15 is 0 Å². The number of rotatable bonds is 5. The van der Waals surface area contributed by atoms with Gasteiger partial charge in [0, 0.05) is 24.3 Å². The smallest absolute Gasteiger partial charge is 0.317 e. The summed E-state index contributed by atoms with van der Waals surface area (Å²) in [5.41, 5.74) is 0.912. The second-order valence-electron chi connectivity index (χ2n) is 3.52. The molecule has 0 saturated carbocycles. The summed E-state index contributed by atoms with van der Waals surface area (Å²) in [5.74, 6) is -0.803. The standard InChI is InChI=1S/C10H13N3O2S/c1-2-12(7-9(14)15)5-8-6-13-3-4-16-10(13)11-8/h3-4,6H,2,5,7H2,1H3,(H,14,15). The van der Waals surface area contributed by atoms with Crippen LogP contribution < -0.4 is 0 Å². The van der Waals surface area contributed by atoms with Crippen molar-refractivity contribution in [3.8, 4) is 0 Å². The van der Waals surface area contributed by atoms with Gasteiger partial charge < -0.3 is 5.11 Å². The van der Waals surface area contributed by atoms with Crippen LogP contribution in [-0.4, -0.2) is 38.4 Å². The molecular weight excluding hydrogens is 226 g/mol. The van der Waals surface area contributed by atoms with Gasteiger partial charge in [-0.25, -0.2) is 4.98 Å². The van der Waals surface area contributed by atoms with Gasteiger partial charge in [0.15, 0.2) is 4.96 Å². The number of imidazole rings is 1. The molecule has 0 amide bonds. The number of aromatic nitrogens is 2. The maximum atomic E-state index is 10.6. The van der Waals surface area contributed by atoms with Crippen molar-refractivity contribution in [1.29, 1.82) is 0 Å². The van der Waals surface area contributed by atoms with Crippen LogP contribution in [0.2, 0.25) is 0 Å². The highest BCUT2D eigenvalue weighted by molar-refractivity contribution is 7.15. The number of fused-ring (bicyclic) bond motifs is 1. The average Bonchev–Trinajstić information content (AvgIpc) is 2.75. The Bertz CT molecular complexity index is 462. The number of hydrogen-bond acceptors (Lipinski definition) is 4. The van der Waals surface area contributed by atoms with Crippen LogP contribution in [0, 0.1) is 0 Å². The molecule has 0 bridgehead atoms. The van der Waals surface area contributed by atoms with E-state index in [4.69, 9.17) is 5.11 Å². The zero-order valence-electron chi connectivity index (χ0n) is 8.96. The van der Waals surface area contributed by atoms with Crippen molar-refractivity contribution in [3.05, 3.63) is 23.5 Å². The topological polar surface area (TPSA) is 57.8 Å². The van der Waals surface area contributed by atoms with E-state index in [1.807, 2.05) is 34.0 Å². The zero-order chi connectivity index (χ0) is 11.5. The van der Waals surface area contributed by atoms with E-state index < -0.39 is 5.97 Å². The third-order valence-electron chi connectivity index (χ3n) is 2.33. The van der Waals surface area contributed by atoms with Crippen LogP contribution in [0.4, 0.5) is 0 Å². The van der Waals surface area contributed by atoms with E-state index in [9.17, 15) is 4.79 Å². The fourth-order valence-electron chi connectivity index (χ4n) is 1.55. The van der Waals surface area contributed by atoms with Crippen molar-refractivity contribution < 1.29 is 9.90 Å². The minimum atomic E-state index is -0.803. The number of carboxylic acid groups (broad SMARTS) is 1. The van der Waals surface area contributed by atoms with Crippen LogP contribution in [0.5, 0.6) is 0 Å². The largest absolute Gasteiger partial charge is 0.480 e. The van der Waals surface area contributed by atoms with Crippen LogP contribution in [0.3, 0.4) is 0 Å². The molecule has 16 heavy (non-hydrogen) atoms. The lowest BCUT2D eigenvalue weighted by molar-refractivity contribution is -0.138. The van der Waals surface area contributed by atoms with Gasteiger partial charge in [-0.3, -0.25) is 14.1 Å². The number of carboxylic acids is 1. The van der Waals surface area contributed by atoms with Crippen LogP contribution in [0.1, 0.15) is 12.6 Å². The van der Waals surface area contributed by atoms with Crippen molar-refractivity contribution in [2.24, 2.45) is 0 Å². The zero-order valence-corrected chi connectivity index (χ0v) is 9.78. The molecule has 1 N–H and O–H groups in total. The van der Waals surface area contributed by atoms with Gasteiger partial charge in [-0.05, 0) is 6.54 Å². The Morgan fingerprint density at radius 3 is 3.12 bits per heavy atom. The molecule has 2 aromatic rings. The number of hydrogen-bond donors (Lipinski definition) is 1. The SMILES string of the molecule is CCN(CC(=O)O)Cc1cn2ccsc2n1. The third kappa shape index (κ3) is 2.40. The summed E-state index contributed by atoms with van der Waals surface area (Å²) in [4.78, 5) is 17.8. The van der Waals surface area contributed by atoms with Crippen LogP contribution >= 0.6 is 11.3 Å². The van der Waals surface area contributed by atoms with E-state index in [1.165, 1.54) is 0 Å². The summed E-state index contributed by atoms with van der Waals surface area (Å²) in [7, 11) is 0. The van der Waals surface area contributed by atoms with Crippen molar-refractivity contribution >= 4 is 22.3 Å². The number of aliphatic carboxylic acids is 1. The van der Waals surface area contributed by atoms with E-state index in [0.717, 1.165) is 10.7 Å². The quantitative estimate of drug-likeness (QED) is 0.854. The summed E-state index contributed by atoms with van der Waals surface area (Å²) < 4.78 is 1.95. The summed E-state index contributed by atoms with van der Waals surface area (Å²) >= 11 is 1.57. The van der Waals surface area contributed by atoms with Crippen LogP contribution in [0.25, 0.3) is 4.96 Å². The maximum absolute atomic E-state index is 10.6. The van der Waals surface area contributed by atoms with Gasteiger partial charge >= 0.3 is 5.97 Å². The molecule has 5 nitrogen and oxygen atoms in total. The monoisotopic (exact) mass is 239 g/mol. The molecule has 2 heterocycles. The lowest BCUT2D eigenvalue weighted by Gasteiger charge is -2.15. The Kier molecular flexibility index (Phi) is 3.21. The molecule has 0 saturated heterocycles. The normalized spacial score (nSPS) is 11.4. The van der Waals surface area contributed by atoms with Gasteiger partial charge in [0.05, 0.1) is 12.2 Å². The molecule has 0 unspecified atom stereocenters. The molecule has 0 fully saturated rings. The van der Waals surface area contributed by atoms with Gasteiger partial charge in [0.25, 0.3) is 0 Å². The predicted molar refractivity (Wildman–Crippen MR) is 61.7 cm³/mol. The molecule has 2 rings (SSSR count). The van der Waals surface area contributed by atoms with Crippen molar-refractivity contribution in [2.75, 3.05) is 13.1 Å². The first-order valence-electron chi connectivity index (χ1n) is 5.04. The van der Waals surface area contributed by atoms with E-state index in [2.05, 4.69) is 4.98 Å². The minimum absolute atomic E-state index is 0.0572. The number of thiazole rings is 1. The first-order chi connectivity index (χ1) is 7.69. The Morgan fingerprint density at radius 1 is 1.69 bits per heavy atom. The third-order valence-corrected chi connectivity index (χ3v) is 3.11. The number of nitrogens with zero attached hydrogens (tertiary/aromatic N) is 3. The fourth-order valence-corrected chi connectivity index (χ4v) is 2.27. The highest BCUT2D eigenvalue weighted by Gasteiger charge is 2.10. The highest BCUT2D eigenvalue weighted by atomic mass is 32.1. The van der Waals surface area contributed by atoms with Gasteiger partial charge in [-0.1, -0.05) is 6.92 Å². The summed E-state index contributed by atoms with van der Waals surface area (Å²) in [5, 5.41) is 10.7. The molecule has 86 valence electrons. The molecular formula is C10H13N3O2S. The summed E-state index contributed by atoms with van der Waals surface area (Å²) in [6, 6.07) is 0. The molecule has 0 atom stereocenters. The van der Waals surface area contributed by atoms with Gasteiger partial charge in [-0.2, -0.15) is 0 Å². The first-order valence-corrected chi connectivity index (χ1v) is 5.92. The van der Waals surface area contributed by atoms with Gasteiger partial charge in [0.2, 0.25) is 0 Å². The lowest BCUT2D eigenvalue weighted by atomic mass is 10.4. The fraction of sp³-hybridized carbons (Fsp3) is 0.400. The summed E-state index contributed by atoms with van der Waals surface area (Å²) in [6.45, 7) is 3.29. The molecule has 0 spiro atoms. The average molecular weight is 239 g/mol. The highest BCUT2D eigenvalue weighted by Crippen LogP contribution is 2.12. The molecule has 0 aliphatic carbocycles. The second kappa shape index (κ2) is 4.63. The van der Waals surface area contributed by atoms with Crippen molar-refractivity contribution in [1.82, 2.24) is 14.3 Å². The molecule has 2 aromatic heterocycles. The van der Waals surface area contributed by atoms with Crippen molar-refractivity contribution in [3.63, 3.8) is 0 Å².